The number of amides is 1. The van der Waals surface area contributed by atoms with E-state index in [1.54, 1.807) is 34.2 Å². The van der Waals surface area contributed by atoms with E-state index in [1.165, 1.54) is 5.56 Å². The van der Waals surface area contributed by atoms with Crippen molar-refractivity contribution in [2.45, 2.75) is 26.1 Å². The molecule has 0 saturated carbocycles. The van der Waals surface area contributed by atoms with Crippen LogP contribution >= 0.6 is 11.3 Å². The molecular formula is C27H29N3O3S. The quantitative estimate of drug-likeness (QED) is 0.389. The van der Waals surface area contributed by atoms with Crippen molar-refractivity contribution < 1.29 is 9.53 Å². The number of benzene rings is 2. The average Bonchev–Trinajstić information content (AvgIpc) is 3.33. The van der Waals surface area contributed by atoms with Crippen molar-refractivity contribution in [1.82, 2.24) is 14.8 Å². The van der Waals surface area contributed by atoms with Gasteiger partial charge in [0.15, 0.2) is 0 Å². The second-order valence-electron chi connectivity index (χ2n) is 8.59. The molecule has 0 saturated heterocycles. The zero-order chi connectivity index (χ0) is 24.1. The summed E-state index contributed by atoms with van der Waals surface area (Å²) < 4.78 is 7.84. The topological polar surface area (TPSA) is 63.6 Å². The first kappa shape index (κ1) is 23.7. The summed E-state index contributed by atoms with van der Waals surface area (Å²) in [5.74, 6) is 0.357. The molecule has 4 aromatic rings. The van der Waals surface area contributed by atoms with Crippen LogP contribution in [0.15, 0.2) is 76.3 Å². The largest absolute Gasteiger partial charge is 0.489 e. The fourth-order valence-corrected chi connectivity index (χ4v) is 4.65. The van der Waals surface area contributed by atoms with E-state index in [-0.39, 0.29) is 23.6 Å². The van der Waals surface area contributed by atoms with Gasteiger partial charge in [0, 0.05) is 31.7 Å². The van der Waals surface area contributed by atoms with Crippen molar-refractivity contribution in [3.8, 4) is 5.75 Å². The monoisotopic (exact) mass is 475 g/mol. The van der Waals surface area contributed by atoms with Gasteiger partial charge in [0.2, 0.25) is 5.43 Å². The summed E-state index contributed by atoms with van der Waals surface area (Å²) in [6.45, 7) is 3.89. The molecule has 0 spiro atoms. The first-order valence-corrected chi connectivity index (χ1v) is 12.2. The third kappa shape index (κ3) is 5.73. The molecule has 4 rings (SSSR count). The lowest BCUT2D eigenvalue weighted by molar-refractivity contribution is 0.0930. The van der Waals surface area contributed by atoms with Crippen LogP contribution in [-0.2, 0) is 20.1 Å². The Morgan fingerprint density at radius 1 is 1.12 bits per heavy atom. The molecule has 1 N–H and O–H groups in total. The van der Waals surface area contributed by atoms with Crippen molar-refractivity contribution in [3.63, 3.8) is 0 Å². The van der Waals surface area contributed by atoms with Crippen LogP contribution < -0.4 is 15.5 Å². The number of hydrogen-bond acceptors (Lipinski definition) is 5. The number of ether oxygens (including phenoxy) is 1. The smallest absolute Gasteiger partial charge is 0.256 e. The molecule has 2 aromatic carbocycles. The highest BCUT2D eigenvalue weighted by molar-refractivity contribution is 7.07. The standard InChI is InChI=1S/C27H29N3O3S/c1-19(14-28-27(32)24-17-30(3)25-10-5-4-9-23(25)26(24)31)33-22-8-6-7-20(13-22)15-29(2)16-21-11-12-34-18-21/h4-13,17-19H,14-16H2,1-3H3,(H,28,32). The van der Waals surface area contributed by atoms with Gasteiger partial charge in [-0.25, -0.2) is 0 Å². The minimum atomic E-state index is -0.398. The Bertz CT molecular complexity index is 1330. The maximum Gasteiger partial charge on any atom is 0.256 e. The molecular weight excluding hydrogens is 446 g/mol. The van der Waals surface area contributed by atoms with Gasteiger partial charge in [-0.15, -0.1) is 0 Å². The van der Waals surface area contributed by atoms with Crippen LogP contribution in [0.2, 0.25) is 0 Å². The van der Waals surface area contributed by atoms with E-state index in [0.29, 0.717) is 5.39 Å². The number of rotatable bonds is 9. The summed E-state index contributed by atoms with van der Waals surface area (Å²) in [6, 6.07) is 17.4. The number of aromatic nitrogens is 1. The van der Waals surface area contributed by atoms with Gasteiger partial charge in [0.1, 0.15) is 17.4 Å². The maximum absolute atomic E-state index is 12.8. The predicted octanol–water partition coefficient (Wildman–Crippen LogP) is 4.43. The summed E-state index contributed by atoms with van der Waals surface area (Å²) in [6.07, 6.45) is 1.33. The first-order chi connectivity index (χ1) is 16.4. The Hall–Kier alpha value is -3.42. The summed E-state index contributed by atoms with van der Waals surface area (Å²) in [4.78, 5) is 27.8. The van der Waals surface area contributed by atoms with Gasteiger partial charge in [0.05, 0.1) is 12.1 Å². The van der Waals surface area contributed by atoms with E-state index in [1.807, 2.05) is 44.3 Å². The van der Waals surface area contributed by atoms with Crippen molar-refractivity contribution in [1.29, 1.82) is 0 Å². The van der Waals surface area contributed by atoms with Crippen LogP contribution in [0.3, 0.4) is 0 Å². The minimum Gasteiger partial charge on any atom is -0.489 e. The van der Waals surface area contributed by atoms with Crippen molar-refractivity contribution in [2.24, 2.45) is 7.05 Å². The lowest BCUT2D eigenvalue weighted by Gasteiger charge is -2.18. The summed E-state index contributed by atoms with van der Waals surface area (Å²) in [5, 5.41) is 7.63. The molecule has 176 valence electrons. The van der Waals surface area contributed by atoms with Gasteiger partial charge in [-0.05, 0) is 66.2 Å². The summed E-state index contributed by atoms with van der Waals surface area (Å²) in [7, 11) is 3.93. The lowest BCUT2D eigenvalue weighted by atomic mass is 10.1. The third-order valence-electron chi connectivity index (χ3n) is 5.61. The first-order valence-electron chi connectivity index (χ1n) is 11.2. The number of carbonyl (C=O) groups excluding carboxylic acids is 1. The predicted molar refractivity (Wildman–Crippen MR) is 138 cm³/mol. The van der Waals surface area contributed by atoms with E-state index in [9.17, 15) is 9.59 Å². The van der Waals surface area contributed by atoms with Gasteiger partial charge >= 0.3 is 0 Å². The number of hydrogen-bond donors (Lipinski definition) is 1. The number of nitrogens with one attached hydrogen (secondary N) is 1. The van der Waals surface area contributed by atoms with Crippen LogP contribution in [0.1, 0.15) is 28.4 Å². The molecule has 1 atom stereocenters. The zero-order valence-corrected chi connectivity index (χ0v) is 20.5. The van der Waals surface area contributed by atoms with E-state index in [2.05, 4.69) is 40.2 Å². The Balaban J connectivity index is 1.34. The maximum atomic E-state index is 12.8. The SMILES string of the molecule is CC(CNC(=O)c1cn(C)c2ccccc2c1=O)Oc1cccc(CN(C)Cc2ccsc2)c1. The number of fused-ring (bicyclic) bond motifs is 1. The van der Waals surface area contributed by atoms with E-state index >= 15 is 0 Å². The second-order valence-corrected chi connectivity index (χ2v) is 9.37. The Kier molecular flexibility index (Phi) is 7.45. The number of aryl methyl sites for hydroxylation is 1. The highest BCUT2D eigenvalue weighted by Crippen LogP contribution is 2.17. The molecule has 0 aliphatic rings. The second kappa shape index (κ2) is 10.7. The fourth-order valence-electron chi connectivity index (χ4n) is 3.99. The number of pyridine rings is 1. The molecule has 2 aromatic heterocycles. The van der Waals surface area contributed by atoms with Gasteiger partial charge < -0.3 is 14.6 Å². The highest BCUT2D eigenvalue weighted by atomic mass is 32.1. The van der Waals surface area contributed by atoms with Crippen LogP contribution in [0, 0.1) is 0 Å². The molecule has 0 aliphatic heterocycles. The number of para-hydroxylation sites is 1. The van der Waals surface area contributed by atoms with Crippen LogP contribution in [0.5, 0.6) is 5.75 Å². The third-order valence-corrected chi connectivity index (χ3v) is 6.34. The minimum absolute atomic E-state index is 0.129. The van der Waals surface area contributed by atoms with Crippen LogP contribution in [0.4, 0.5) is 0 Å². The van der Waals surface area contributed by atoms with Gasteiger partial charge in [-0.1, -0.05) is 24.3 Å². The molecule has 34 heavy (non-hydrogen) atoms. The number of nitrogens with zero attached hydrogens (tertiary/aromatic N) is 2. The highest BCUT2D eigenvalue weighted by Gasteiger charge is 2.15. The molecule has 1 amide bonds. The molecule has 0 fully saturated rings. The van der Waals surface area contributed by atoms with E-state index in [0.717, 1.165) is 29.9 Å². The van der Waals surface area contributed by atoms with Gasteiger partial charge in [-0.2, -0.15) is 11.3 Å². The number of carbonyl (C=O) groups is 1. The molecule has 1 unspecified atom stereocenters. The molecule has 0 bridgehead atoms. The normalized spacial score (nSPS) is 12.1. The fraction of sp³-hybridized carbons (Fsp3) is 0.259. The molecule has 2 heterocycles. The van der Waals surface area contributed by atoms with Crippen LogP contribution in [-0.4, -0.2) is 35.1 Å². The lowest BCUT2D eigenvalue weighted by Crippen LogP contribution is -2.36. The summed E-state index contributed by atoms with van der Waals surface area (Å²) >= 11 is 1.71. The Morgan fingerprint density at radius 3 is 2.71 bits per heavy atom. The van der Waals surface area contributed by atoms with Gasteiger partial charge in [0.25, 0.3) is 5.91 Å². The Labute approximate surface area is 203 Å². The van der Waals surface area contributed by atoms with Crippen molar-refractivity contribution in [3.05, 3.63) is 98.5 Å². The van der Waals surface area contributed by atoms with E-state index in [4.69, 9.17) is 4.74 Å². The molecule has 7 heteroatoms. The van der Waals surface area contributed by atoms with Crippen molar-refractivity contribution >= 4 is 28.1 Å². The van der Waals surface area contributed by atoms with Crippen LogP contribution in [0.25, 0.3) is 10.9 Å². The zero-order valence-electron chi connectivity index (χ0n) is 19.7. The van der Waals surface area contributed by atoms with E-state index < -0.39 is 5.91 Å². The summed E-state index contributed by atoms with van der Waals surface area (Å²) in [5.41, 5.74) is 3.13. The molecule has 0 aliphatic carbocycles. The van der Waals surface area contributed by atoms with Gasteiger partial charge in [-0.3, -0.25) is 14.5 Å². The number of thiophene rings is 1. The van der Waals surface area contributed by atoms with Crippen molar-refractivity contribution in [2.75, 3.05) is 13.6 Å². The Morgan fingerprint density at radius 2 is 1.91 bits per heavy atom. The molecule has 6 nitrogen and oxygen atoms in total. The average molecular weight is 476 g/mol. The molecule has 0 radical (unpaired) electrons.